The summed E-state index contributed by atoms with van der Waals surface area (Å²) in [6, 6.07) is 4.12. The number of aliphatic imine (C=N–C) groups is 1. The Morgan fingerprint density at radius 3 is 2.53 bits per heavy atom. The molecule has 2 aromatic heterocycles. The third kappa shape index (κ3) is 5.21. The van der Waals surface area contributed by atoms with Gasteiger partial charge in [-0.25, -0.2) is 9.97 Å². The van der Waals surface area contributed by atoms with Crippen LogP contribution in [0.25, 0.3) is 11.0 Å². The fraction of sp³-hybridized carbons (Fsp3) is 0.600. The van der Waals surface area contributed by atoms with Gasteiger partial charge in [0.05, 0.1) is 36.6 Å². The lowest BCUT2D eigenvalue weighted by Gasteiger charge is -2.37. The zero-order chi connectivity index (χ0) is 23.7. The molecule has 3 aliphatic rings. The van der Waals surface area contributed by atoms with Crippen molar-refractivity contribution in [2.24, 2.45) is 10.9 Å². The molecule has 0 unspecified atom stereocenters. The van der Waals surface area contributed by atoms with Crippen LogP contribution in [0.5, 0.6) is 0 Å². The number of pyridine rings is 1. The molecule has 2 fully saturated rings. The van der Waals surface area contributed by atoms with Crippen molar-refractivity contribution in [1.82, 2.24) is 19.9 Å². The van der Waals surface area contributed by atoms with E-state index in [1.54, 1.807) is 0 Å². The van der Waals surface area contributed by atoms with E-state index >= 15 is 0 Å². The predicted octanol–water partition coefficient (Wildman–Crippen LogP) is 2.61. The summed E-state index contributed by atoms with van der Waals surface area (Å²) in [4.78, 5) is 23.8. The van der Waals surface area contributed by atoms with Crippen molar-refractivity contribution in [1.29, 1.82) is 0 Å². The zero-order valence-corrected chi connectivity index (χ0v) is 20.4. The monoisotopic (exact) mass is 465 g/mol. The molecule has 5 heterocycles. The molecule has 0 spiro atoms. The SMILES string of the molecule is CC1=CC(Nc2nc(N3CCOCC3)c3nc(CN4CCC(C(C)(C)O)CC4)ccc3n2)=NC1. The van der Waals surface area contributed by atoms with Gasteiger partial charge in [-0.2, -0.15) is 4.98 Å². The predicted molar refractivity (Wildman–Crippen MR) is 134 cm³/mol. The number of nitrogens with zero attached hydrogens (tertiary/aromatic N) is 6. The number of anilines is 2. The minimum Gasteiger partial charge on any atom is -0.390 e. The lowest BCUT2D eigenvalue weighted by molar-refractivity contribution is -0.0137. The summed E-state index contributed by atoms with van der Waals surface area (Å²) in [6.07, 6.45) is 4.04. The van der Waals surface area contributed by atoms with E-state index in [0.29, 0.717) is 31.6 Å². The maximum Gasteiger partial charge on any atom is 0.231 e. The molecule has 0 amide bonds. The minimum atomic E-state index is -0.609. The number of piperidine rings is 1. The van der Waals surface area contributed by atoms with Crippen molar-refractivity contribution in [3.05, 3.63) is 29.5 Å². The fourth-order valence-electron chi connectivity index (χ4n) is 4.93. The second-order valence-corrected chi connectivity index (χ2v) is 10.2. The fourth-order valence-corrected chi connectivity index (χ4v) is 4.93. The van der Waals surface area contributed by atoms with Gasteiger partial charge >= 0.3 is 0 Å². The van der Waals surface area contributed by atoms with E-state index in [1.165, 1.54) is 5.57 Å². The average molecular weight is 466 g/mol. The number of fused-ring (bicyclic) bond motifs is 1. The van der Waals surface area contributed by atoms with Gasteiger partial charge in [0.25, 0.3) is 0 Å². The van der Waals surface area contributed by atoms with Crippen molar-refractivity contribution in [2.75, 3.05) is 56.2 Å². The molecule has 0 bridgehead atoms. The summed E-state index contributed by atoms with van der Waals surface area (Å²) in [6.45, 7) is 12.3. The standard InChI is InChI=1S/C25H35N7O2/c1-17-14-21(26-15-17)29-24-28-20-5-4-19(16-31-8-6-18(7-9-31)25(2,3)33)27-22(20)23(30-24)32-10-12-34-13-11-32/h4-5,14,18,33H,6-13,15-16H2,1-3H3,(H,26,28,29,30). The van der Waals surface area contributed by atoms with E-state index in [-0.39, 0.29) is 0 Å². The molecule has 182 valence electrons. The zero-order valence-electron chi connectivity index (χ0n) is 20.4. The van der Waals surface area contributed by atoms with Crippen LogP contribution in [0.15, 0.2) is 28.8 Å². The Hall–Kier alpha value is -2.62. The van der Waals surface area contributed by atoms with Gasteiger partial charge in [-0.3, -0.25) is 9.89 Å². The molecule has 2 aromatic rings. The number of aromatic nitrogens is 3. The molecule has 0 saturated carbocycles. The molecule has 34 heavy (non-hydrogen) atoms. The van der Waals surface area contributed by atoms with Crippen LogP contribution in [0, 0.1) is 5.92 Å². The van der Waals surface area contributed by atoms with Crippen LogP contribution in [-0.2, 0) is 11.3 Å². The molecule has 9 heteroatoms. The van der Waals surface area contributed by atoms with Crippen LogP contribution in [0.4, 0.5) is 11.8 Å². The number of hydrogen-bond donors (Lipinski definition) is 2. The van der Waals surface area contributed by atoms with Gasteiger partial charge in [0.1, 0.15) is 11.4 Å². The Balaban J connectivity index is 1.39. The number of amidine groups is 1. The van der Waals surface area contributed by atoms with E-state index in [4.69, 9.17) is 19.7 Å². The van der Waals surface area contributed by atoms with Crippen molar-refractivity contribution >= 4 is 28.6 Å². The first kappa shape index (κ1) is 23.1. The Labute approximate surface area is 201 Å². The summed E-state index contributed by atoms with van der Waals surface area (Å²) < 4.78 is 5.57. The third-order valence-corrected chi connectivity index (χ3v) is 6.99. The Kier molecular flexibility index (Phi) is 6.50. The molecular formula is C25H35N7O2. The molecule has 9 nitrogen and oxygen atoms in total. The molecule has 0 radical (unpaired) electrons. The van der Waals surface area contributed by atoms with Gasteiger partial charge < -0.3 is 20.1 Å². The minimum absolute atomic E-state index is 0.351. The van der Waals surface area contributed by atoms with Gasteiger partial charge in [-0.15, -0.1) is 0 Å². The molecule has 2 saturated heterocycles. The number of ether oxygens (including phenoxy) is 1. The molecular weight excluding hydrogens is 430 g/mol. The number of hydrogen-bond acceptors (Lipinski definition) is 9. The molecule has 0 aliphatic carbocycles. The highest BCUT2D eigenvalue weighted by atomic mass is 16.5. The van der Waals surface area contributed by atoms with Crippen LogP contribution < -0.4 is 10.2 Å². The van der Waals surface area contributed by atoms with Crippen LogP contribution in [0.1, 0.15) is 39.3 Å². The summed E-state index contributed by atoms with van der Waals surface area (Å²) in [7, 11) is 0. The highest BCUT2D eigenvalue weighted by molar-refractivity contribution is 6.05. The van der Waals surface area contributed by atoms with Crippen LogP contribution in [0.2, 0.25) is 0 Å². The van der Waals surface area contributed by atoms with E-state index < -0.39 is 5.60 Å². The lowest BCUT2D eigenvalue weighted by atomic mass is 9.83. The molecule has 0 atom stereocenters. The van der Waals surface area contributed by atoms with E-state index in [1.807, 2.05) is 19.9 Å². The van der Waals surface area contributed by atoms with Crippen LogP contribution >= 0.6 is 0 Å². The van der Waals surface area contributed by atoms with Gasteiger partial charge in [0, 0.05) is 19.6 Å². The lowest BCUT2D eigenvalue weighted by Crippen LogP contribution is -2.41. The average Bonchev–Trinajstić information content (AvgIpc) is 3.23. The Bertz CT molecular complexity index is 1090. The van der Waals surface area contributed by atoms with Crippen molar-refractivity contribution < 1.29 is 9.84 Å². The van der Waals surface area contributed by atoms with Gasteiger partial charge in [0.15, 0.2) is 5.82 Å². The molecule has 3 aliphatic heterocycles. The number of likely N-dealkylation sites (tertiary alicyclic amines) is 1. The summed E-state index contributed by atoms with van der Waals surface area (Å²) in [5.74, 6) is 2.53. The first-order valence-electron chi connectivity index (χ1n) is 12.3. The van der Waals surface area contributed by atoms with E-state index in [0.717, 1.165) is 73.9 Å². The normalized spacial score (nSPS) is 20.5. The highest BCUT2D eigenvalue weighted by Gasteiger charge is 2.30. The third-order valence-electron chi connectivity index (χ3n) is 6.99. The highest BCUT2D eigenvalue weighted by Crippen LogP contribution is 2.29. The van der Waals surface area contributed by atoms with Crippen LogP contribution in [-0.4, -0.2) is 82.3 Å². The second kappa shape index (κ2) is 9.56. The maximum absolute atomic E-state index is 10.3. The number of aliphatic hydroxyl groups is 1. The smallest absolute Gasteiger partial charge is 0.231 e. The maximum atomic E-state index is 10.3. The Morgan fingerprint density at radius 1 is 1.09 bits per heavy atom. The van der Waals surface area contributed by atoms with Crippen molar-refractivity contribution in [3.8, 4) is 0 Å². The second-order valence-electron chi connectivity index (χ2n) is 10.2. The largest absolute Gasteiger partial charge is 0.390 e. The topological polar surface area (TPSA) is 99.0 Å². The number of morpholine rings is 1. The first-order valence-corrected chi connectivity index (χ1v) is 12.3. The summed E-state index contributed by atoms with van der Waals surface area (Å²) in [5.41, 5.74) is 3.28. The van der Waals surface area contributed by atoms with Crippen molar-refractivity contribution in [2.45, 2.75) is 45.8 Å². The van der Waals surface area contributed by atoms with Crippen LogP contribution in [0.3, 0.4) is 0 Å². The van der Waals surface area contributed by atoms with Gasteiger partial charge in [-0.05, 0) is 76.4 Å². The van der Waals surface area contributed by atoms with Gasteiger partial charge in [-0.1, -0.05) is 0 Å². The quantitative estimate of drug-likeness (QED) is 0.695. The van der Waals surface area contributed by atoms with E-state index in [2.05, 4.69) is 39.2 Å². The Morgan fingerprint density at radius 2 is 1.85 bits per heavy atom. The first-order chi connectivity index (χ1) is 16.3. The van der Waals surface area contributed by atoms with Gasteiger partial charge in [0.2, 0.25) is 5.95 Å². The molecule has 5 rings (SSSR count). The molecule has 0 aromatic carbocycles. The number of rotatable bonds is 5. The van der Waals surface area contributed by atoms with Crippen molar-refractivity contribution in [3.63, 3.8) is 0 Å². The van der Waals surface area contributed by atoms with E-state index in [9.17, 15) is 5.11 Å². The summed E-state index contributed by atoms with van der Waals surface area (Å²) in [5, 5.41) is 13.6. The number of nitrogens with one attached hydrogen (secondary N) is 1. The molecule has 2 N–H and O–H groups in total. The summed E-state index contributed by atoms with van der Waals surface area (Å²) >= 11 is 0.